The maximum atomic E-state index is 14.3. The molecule has 1 unspecified atom stereocenters. The zero-order valence-corrected chi connectivity index (χ0v) is 23.0. The summed E-state index contributed by atoms with van der Waals surface area (Å²) in [6, 6.07) is 1.23. The molecule has 2 fully saturated rings. The number of benzene rings is 1. The molecule has 1 amide bonds. The van der Waals surface area contributed by atoms with Gasteiger partial charge in [0.05, 0.1) is 50.8 Å². The van der Waals surface area contributed by atoms with E-state index in [0.717, 1.165) is 0 Å². The summed E-state index contributed by atoms with van der Waals surface area (Å²) >= 11 is 12.1. The Labute approximate surface area is 240 Å². The highest BCUT2D eigenvalue weighted by molar-refractivity contribution is 6.39. The zero-order chi connectivity index (χ0) is 30.5. The van der Waals surface area contributed by atoms with E-state index in [-0.39, 0.29) is 34.9 Å². The molecule has 7 nitrogen and oxygen atoms in total. The Morgan fingerprint density at radius 1 is 1.12 bits per heavy atom. The maximum Gasteiger partial charge on any atom is 0.433 e. The summed E-state index contributed by atoms with van der Waals surface area (Å²) in [7, 11) is 0. The average molecular weight is 628 g/mol. The average Bonchev–Trinajstić information content (AvgIpc) is 3.54. The second kappa shape index (κ2) is 11.1. The molecule has 4 atom stereocenters. The quantitative estimate of drug-likeness (QED) is 0.243. The molecule has 2 N–H and O–H groups in total. The van der Waals surface area contributed by atoms with E-state index in [0.29, 0.717) is 10.9 Å². The van der Waals surface area contributed by atoms with Crippen LogP contribution in [0.4, 0.5) is 26.3 Å². The third-order valence-corrected chi connectivity index (χ3v) is 8.70. The molecule has 1 aromatic heterocycles. The lowest BCUT2D eigenvalue weighted by Crippen LogP contribution is -2.49. The number of rotatable bonds is 8. The van der Waals surface area contributed by atoms with Crippen LogP contribution in [0.2, 0.25) is 10.0 Å². The van der Waals surface area contributed by atoms with Crippen molar-refractivity contribution < 1.29 is 45.8 Å². The summed E-state index contributed by atoms with van der Waals surface area (Å²) in [6.45, 7) is 1.59. The fourth-order valence-electron chi connectivity index (χ4n) is 5.68. The van der Waals surface area contributed by atoms with E-state index >= 15 is 0 Å². The summed E-state index contributed by atoms with van der Waals surface area (Å²) < 4.78 is 85.7. The van der Waals surface area contributed by atoms with Gasteiger partial charge >= 0.3 is 18.3 Å². The number of carbonyl (C=O) groups is 3. The number of ketones is 1. The first-order chi connectivity index (χ1) is 19.0. The molecule has 2 aliphatic rings. The second-order valence-corrected chi connectivity index (χ2v) is 11.5. The largest absolute Gasteiger partial charge is 0.481 e. The standard InChI is InChI=1S/C26H25Cl2F6N3O4/c1-12-9-13(5-6-14(12)23(40)41)37-21(25(29,30)31)15(11-35-37)22(39)36-19(24(7-8-24)26(32,33)34)10-18(38)20-16(27)3-2-4-17(20)28/h2-4,11-14,19H,5-10H2,1H3,(H,36,39)(H,40,41)/t12-,13+,14+,19?/m1/s1. The van der Waals surface area contributed by atoms with Crippen LogP contribution in [0.25, 0.3) is 0 Å². The predicted octanol–water partition coefficient (Wildman–Crippen LogP) is 6.98. The molecule has 2 saturated carbocycles. The number of Topliss-reactive ketones (excluding diaryl/α,β-unsaturated/α-hetero) is 1. The van der Waals surface area contributed by atoms with E-state index in [4.69, 9.17) is 23.2 Å². The first-order valence-corrected chi connectivity index (χ1v) is 13.5. The number of carboxylic acids is 1. The number of carbonyl (C=O) groups excluding carboxylic acids is 2. The van der Waals surface area contributed by atoms with Gasteiger partial charge in [-0.1, -0.05) is 36.2 Å². The highest BCUT2D eigenvalue weighted by Gasteiger charge is 2.67. The second-order valence-electron chi connectivity index (χ2n) is 10.6. The van der Waals surface area contributed by atoms with Gasteiger partial charge in [0.25, 0.3) is 5.91 Å². The van der Waals surface area contributed by atoms with Gasteiger partial charge in [0.15, 0.2) is 11.5 Å². The molecule has 2 aliphatic carbocycles. The number of carboxylic acid groups (broad SMARTS) is 1. The number of nitrogens with one attached hydrogen (secondary N) is 1. The van der Waals surface area contributed by atoms with Crippen LogP contribution in [0.1, 0.15) is 77.9 Å². The Morgan fingerprint density at radius 3 is 2.22 bits per heavy atom. The number of hydrogen-bond donors (Lipinski definition) is 2. The first-order valence-electron chi connectivity index (χ1n) is 12.7. The molecule has 4 rings (SSSR count). The van der Waals surface area contributed by atoms with Gasteiger partial charge in [-0.15, -0.1) is 0 Å². The maximum absolute atomic E-state index is 14.3. The molecule has 1 aromatic carbocycles. The molecule has 0 spiro atoms. The van der Waals surface area contributed by atoms with Crippen molar-refractivity contribution in [3.05, 3.63) is 51.3 Å². The van der Waals surface area contributed by atoms with Crippen molar-refractivity contribution in [1.82, 2.24) is 15.1 Å². The lowest BCUT2D eigenvalue weighted by molar-refractivity contribution is -0.194. The topological polar surface area (TPSA) is 101 Å². The van der Waals surface area contributed by atoms with Gasteiger partial charge in [-0.3, -0.25) is 19.1 Å². The SMILES string of the molecule is C[C@@H]1C[C@@H](n2ncc(C(=O)NC(CC(=O)c3c(Cl)cccc3Cl)C3(C(F)(F)F)CC3)c2C(F)(F)F)CC[C@@H]1C(=O)O. The number of nitrogens with zero attached hydrogens (tertiary/aromatic N) is 2. The van der Waals surface area contributed by atoms with Crippen LogP contribution in [-0.4, -0.2) is 44.8 Å². The lowest BCUT2D eigenvalue weighted by Gasteiger charge is -2.33. The van der Waals surface area contributed by atoms with E-state index in [1.807, 2.05) is 5.32 Å². The number of aromatic nitrogens is 2. The summed E-state index contributed by atoms with van der Waals surface area (Å²) in [5.41, 5.74) is -5.25. The number of aliphatic carboxylic acids is 1. The zero-order valence-electron chi connectivity index (χ0n) is 21.5. The van der Waals surface area contributed by atoms with Crippen molar-refractivity contribution >= 4 is 40.9 Å². The van der Waals surface area contributed by atoms with Crippen molar-refractivity contribution in [1.29, 1.82) is 0 Å². The summed E-state index contributed by atoms with van der Waals surface area (Å²) in [5.74, 6) is -4.69. The fraction of sp³-hybridized carbons (Fsp3) is 0.538. The Balaban J connectivity index is 1.66. The number of amides is 1. The third-order valence-electron chi connectivity index (χ3n) is 8.07. The molecule has 41 heavy (non-hydrogen) atoms. The van der Waals surface area contributed by atoms with E-state index in [2.05, 4.69) is 5.10 Å². The van der Waals surface area contributed by atoms with Crippen LogP contribution < -0.4 is 5.32 Å². The molecule has 224 valence electrons. The van der Waals surface area contributed by atoms with Crippen LogP contribution in [0.15, 0.2) is 24.4 Å². The fourth-order valence-corrected chi connectivity index (χ4v) is 6.29. The summed E-state index contributed by atoms with van der Waals surface area (Å²) in [6.07, 6.45) is -11.0. The van der Waals surface area contributed by atoms with Crippen molar-refractivity contribution in [3.8, 4) is 0 Å². The third kappa shape index (κ3) is 6.06. The van der Waals surface area contributed by atoms with Crippen molar-refractivity contribution in [2.24, 2.45) is 17.3 Å². The Morgan fingerprint density at radius 2 is 1.73 bits per heavy atom. The Bertz CT molecular complexity index is 1340. The van der Waals surface area contributed by atoms with Gasteiger partial charge in [0.1, 0.15) is 0 Å². The monoisotopic (exact) mass is 627 g/mol. The molecule has 1 heterocycles. The molecule has 2 aromatic rings. The van der Waals surface area contributed by atoms with Crippen molar-refractivity contribution in [3.63, 3.8) is 0 Å². The number of alkyl halides is 6. The normalized spacial score (nSPS) is 23.1. The molecule has 0 aliphatic heterocycles. The van der Waals surface area contributed by atoms with E-state index in [1.165, 1.54) is 18.2 Å². The minimum atomic E-state index is -5.12. The van der Waals surface area contributed by atoms with Gasteiger partial charge in [-0.05, 0) is 50.2 Å². The molecule has 15 heteroatoms. The Hall–Kier alpha value is -2.80. The van der Waals surface area contributed by atoms with Gasteiger partial charge in [0.2, 0.25) is 0 Å². The minimum Gasteiger partial charge on any atom is -0.481 e. The van der Waals surface area contributed by atoms with Crippen molar-refractivity contribution in [2.75, 3.05) is 0 Å². The van der Waals surface area contributed by atoms with Gasteiger partial charge in [-0.25, -0.2) is 0 Å². The van der Waals surface area contributed by atoms with E-state index < -0.39 is 89.9 Å². The highest BCUT2D eigenvalue weighted by Crippen LogP contribution is 2.60. The summed E-state index contributed by atoms with van der Waals surface area (Å²) in [4.78, 5) is 37.7. The molecular formula is C26H25Cl2F6N3O4. The van der Waals surface area contributed by atoms with Gasteiger partial charge in [-0.2, -0.15) is 31.4 Å². The molecule has 0 saturated heterocycles. The molecular weight excluding hydrogens is 603 g/mol. The highest BCUT2D eigenvalue weighted by atomic mass is 35.5. The Kier molecular flexibility index (Phi) is 8.45. The first kappa shape index (κ1) is 31.1. The van der Waals surface area contributed by atoms with Crippen LogP contribution in [-0.2, 0) is 11.0 Å². The van der Waals surface area contributed by atoms with Crippen LogP contribution >= 0.6 is 23.2 Å². The van der Waals surface area contributed by atoms with Crippen molar-refractivity contribution in [2.45, 2.75) is 69.9 Å². The van der Waals surface area contributed by atoms with E-state index in [1.54, 1.807) is 6.92 Å². The molecule has 0 bridgehead atoms. The summed E-state index contributed by atoms with van der Waals surface area (Å²) in [5, 5.41) is 14.9. The number of halogens is 8. The lowest BCUT2D eigenvalue weighted by atomic mass is 9.78. The predicted molar refractivity (Wildman–Crippen MR) is 135 cm³/mol. The van der Waals surface area contributed by atoms with Crippen LogP contribution in [0.5, 0.6) is 0 Å². The van der Waals surface area contributed by atoms with Gasteiger partial charge < -0.3 is 10.4 Å². The molecule has 0 radical (unpaired) electrons. The number of hydrogen-bond acceptors (Lipinski definition) is 4. The van der Waals surface area contributed by atoms with Crippen LogP contribution in [0, 0.1) is 17.3 Å². The van der Waals surface area contributed by atoms with E-state index in [9.17, 15) is 45.8 Å². The minimum absolute atomic E-state index is 0.0374. The van der Waals surface area contributed by atoms with Gasteiger partial charge in [0, 0.05) is 6.42 Å². The smallest absolute Gasteiger partial charge is 0.433 e. The van der Waals surface area contributed by atoms with Crippen LogP contribution in [0.3, 0.4) is 0 Å².